The molecule has 0 heterocycles. The van der Waals surface area contributed by atoms with Crippen LogP contribution in [0.2, 0.25) is 0 Å². The van der Waals surface area contributed by atoms with Crippen LogP contribution in [0, 0.1) is 23.7 Å². The summed E-state index contributed by atoms with van der Waals surface area (Å²) in [5.41, 5.74) is 3.25. The van der Waals surface area contributed by atoms with Gasteiger partial charge in [0, 0.05) is 0 Å². The second-order valence-electron chi connectivity index (χ2n) is 6.60. The zero-order chi connectivity index (χ0) is 13.9. The van der Waals surface area contributed by atoms with E-state index >= 15 is 0 Å². The van der Waals surface area contributed by atoms with E-state index in [2.05, 4.69) is 50.3 Å². The first-order chi connectivity index (χ1) is 9.75. The summed E-state index contributed by atoms with van der Waals surface area (Å²) < 4.78 is 0. The molecule has 0 aromatic rings. The Labute approximate surface area is 149 Å². The summed E-state index contributed by atoms with van der Waals surface area (Å²) in [4.78, 5) is 0. The van der Waals surface area contributed by atoms with Crippen molar-refractivity contribution in [1.29, 1.82) is 0 Å². The zero-order valence-corrected chi connectivity index (χ0v) is 15.8. The van der Waals surface area contributed by atoms with Crippen molar-refractivity contribution in [3.05, 3.63) is 59.4 Å². The molecule has 4 aliphatic rings. The summed E-state index contributed by atoms with van der Waals surface area (Å²) >= 11 is 0. The van der Waals surface area contributed by atoms with Crippen molar-refractivity contribution in [2.24, 2.45) is 11.8 Å². The Balaban J connectivity index is 0.000000147. The van der Waals surface area contributed by atoms with Crippen LogP contribution in [-0.4, -0.2) is 0 Å². The van der Waals surface area contributed by atoms with Gasteiger partial charge in [-0.2, -0.15) is 0 Å². The SMILES string of the molecule is C[C-]1CCC2CC=CC=C12.C[C-]1CCC2CC=CC=C12.[Zr+2]. The molecule has 4 aliphatic carbocycles. The van der Waals surface area contributed by atoms with Gasteiger partial charge in [-0.25, -0.2) is 35.1 Å². The van der Waals surface area contributed by atoms with Crippen molar-refractivity contribution < 1.29 is 26.2 Å². The van der Waals surface area contributed by atoms with Gasteiger partial charge in [0.05, 0.1) is 0 Å². The number of hydrogen-bond donors (Lipinski definition) is 0. The molecule has 0 aliphatic heterocycles. The van der Waals surface area contributed by atoms with E-state index < -0.39 is 0 Å². The van der Waals surface area contributed by atoms with Gasteiger partial charge >= 0.3 is 26.2 Å². The molecule has 2 fully saturated rings. The van der Waals surface area contributed by atoms with Gasteiger partial charge in [0.25, 0.3) is 0 Å². The molecule has 0 bridgehead atoms. The molecule has 0 nitrogen and oxygen atoms in total. The van der Waals surface area contributed by atoms with E-state index in [0.717, 1.165) is 11.8 Å². The fourth-order valence-corrected chi connectivity index (χ4v) is 3.95. The molecule has 2 unspecified atom stereocenters. The fraction of sp³-hybridized carbons (Fsp3) is 0.500. The minimum Gasteiger partial charge on any atom is -0.215 e. The normalized spacial score (nSPS) is 28.9. The molecule has 0 aromatic heterocycles. The zero-order valence-electron chi connectivity index (χ0n) is 13.4. The standard InChI is InChI=1S/2C10H13.Zr/c2*1-8-6-7-9-4-2-3-5-10(8)9;/h2*2-3,5,9H,4,6-7H2,1H3;/q2*-1;+2. The van der Waals surface area contributed by atoms with Gasteiger partial charge < -0.3 is 0 Å². The van der Waals surface area contributed by atoms with E-state index in [0.29, 0.717) is 0 Å². The third kappa shape index (κ3) is 3.86. The smallest absolute Gasteiger partial charge is 0.215 e. The molecule has 4 rings (SSSR count). The average Bonchev–Trinajstić information content (AvgIpc) is 3.05. The number of fused-ring (bicyclic) bond motifs is 2. The minimum atomic E-state index is 0. The molecule has 2 saturated carbocycles. The predicted octanol–water partition coefficient (Wildman–Crippen LogP) is 5.75. The molecular formula is C20H26Zr. The third-order valence-electron chi connectivity index (χ3n) is 5.27. The quantitative estimate of drug-likeness (QED) is 0.484. The fourth-order valence-electron chi connectivity index (χ4n) is 3.95. The number of hydrogen-bond acceptors (Lipinski definition) is 0. The minimum absolute atomic E-state index is 0. The van der Waals surface area contributed by atoms with Crippen molar-refractivity contribution in [1.82, 2.24) is 0 Å². The first-order valence-electron chi connectivity index (χ1n) is 8.14. The Kier molecular flexibility index (Phi) is 6.24. The van der Waals surface area contributed by atoms with Crippen LogP contribution in [0.15, 0.2) is 47.6 Å². The largest absolute Gasteiger partial charge is 2.00 e. The summed E-state index contributed by atoms with van der Waals surface area (Å²) in [6.07, 6.45) is 21.5. The molecule has 2 atom stereocenters. The molecular weight excluding hydrogens is 331 g/mol. The van der Waals surface area contributed by atoms with Crippen molar-refractivity contribution in [3.63, 3.8) is 0 Å². The maximum Gasteiger partial charge on any atom is 2.00 e. The molecule has 0 saturated heterocycles. The van der Waals surface area contributed by atoms with Gasteiger partial charge in [-0.1, -0.05) is 25.7 Å². The van der Waals surface area contributed by atoms with E-state index in [9.17, 15) is 0 Å². The van der Waals surface area contributed by atoms with Crippen LogP contribution in [0.3, 0.4) is 0 Å². The van der Waals surface area contributed by atoms with Gasteiger partial charge in [-0.3, -0.25) is 0 Å². The Morgan fingerprint density at radius 1 is 0.810 bits per heavy atom. The molecule has 1 heteroatoms. The third-order valence-corrected chi connectivity index (χ3v) is 5.27. The van der Waals surface area contributed by atoms with Gasteiger partial charge in [-0.15, -0.1) is 38.2 Å². The van der Waals surface area contributed by atoms with Gasteiger partial charge in [0.2, 0.25) is 0 Å². The maximum absolute atomic E-state index is 2.29. The van der Waals surface area contributed by atoms with Gasteiger partial charge in [-0.05, 0) is 24.7 Å². The second-order valence-corrected chi connectivity index (χ2v) is 6.60. The van der Waals surface area contributed by atoms with Crippen LogP contribution in [0.1, 0.15) is 52.4 Å². The van der Waals surface area contributed by atoms with Crippen LogP contribution < -0.4 is 0 Å². The molecule has 0 spiro atoms. The topological polar surface area (TPSA) is 0 Å². The Hall–Kier alpha value is -0.417. The van der Waals surface area contributed by atoms with E-state index in [1.165, 1.54) is 38.5 Å². The van der Waals surface area contributed by atoms with Crippen molar-refractivity contribution >= 4 is 0 Å². The summed E-state index contributed by atoms with van der Waals surface area (Å²) in [5.74, 6) is 5.00. The number of allylic oxidation sites excluding steroid dienone is 8. The Bertz CT molecular complexity index is 422. The molecule has 0 radical (unpaired) electrons. The van der Waals surface area contributed by atoms with Gasteiger partial charge in [0.1, 0.15) is 0 Å². The van der Waals surface area contributed by atoms with E-state index in [1.807, 2.05) is 0 Å². The Morgan fingerprint density at radius 2 is 1.24 bits per heavy atom. The van der Waals surface area contributed by atoms with Crippen LogP contribution in [0.5, 0.6) is 0 Å². The van der Waals surface area contributed by atoms with Crippen molar-refractivity contribution in [2.75, 3.05) is 0 Å². The van der Waals surface area contributed by atoms with Crippen molar-refractivity contribution in [2.45, 2.75) is 52.4 Å². The molecule has 0 N–H and O–H groups in total. The summed E-state index contributed by atoms with van der Waals surface area (Å²) in [6, 6.07) is 0. The van der Waals surface area contributed by atoms with E-state index in [4.69, 9.17) is 0 Å². The predicted molar refractivity (Wildman–Crippen MR) is 87.0 cm³/mol. The maximum atomic E-state index is 2.29. The molecule has 0 aromatic carbocycles. The summed E-state index contributed by atoms with van der Waals surface area (Å²) in [6.45, 7) is 4.54. The van der Waals surface area contributed by atoms with Crippen LogP contribution >= 0.6 is 0 Å². The van der Waals surface area contributed by atoms with E-state index in [1.54, 1.807) is 23.0 Å². The van der Waals surface area contributed by atoms with Crippen LogP contribution in [-0.2, 0) is 26.2 Å². The summed E-state index contributed by atoms with van der Waals surface area (Å²) in [5, 5.41) is 0. The molecule has 110 valence electrons. The number of rotatable bonds is 0. The average molecular weight is 358 g/mol. The van der Waals surface area contributed by atoms with Crippen LogP contribution in [0.25, 0.3) is 0 Å². The van der Waals surface area contributed by atoms with Gasteiger partial charge in [0.15, 0.2) is 0 Å². The van der Waals surface area contributed by atoms with Crippen LogP contribution in [0.4, 0.5) is 0 Å². The summed E-state index contributed by atoms with van der Waals surface area (Å²) in [7, 11) is 0. The first-order valence-corrected chi connectivity index (χ1v) is 8.14. The molecule has 21 heavy (non-hydrogen) atoms. The monoisotopic (exact) mass is 356 g/mol. The first kappa shape index (κ1) is 16.9. The second kappa shape index (κ2) is 7.73. The van der Waals surface area contributed by atoms with Crippen molar-refractivity contribution in [3.8, 4) is 0 Å². The molecule has 0 amide bonds. The van der Waals surface area contributed by atoms with E-state index in [-0.39, 0.29) is 26.2 Å². The Morgan fingerprint density at radius 3 is 1.62 bits per heavy atom.